The van der Waals surface area contributed by atoms with Crippen LogP contribution in [0.3, 0.4) is 0 Å². The molecule has 36 heavy (non-hydrogen) atoms. The number of aryl methyl sites for hydroxylation is 1. The summed E-state index contributed by atoms with van der Waals surface area (Å²) < 4.78 is 27.6. The molecule has 1 atom stereocenters. The van der Waals surface area contributed by atoms with Crippen molar-refractivity contribution in [3.63, 3.8) is 0 Å². The van der Waals surface area contributed by atoms with Gasteiger partial charge in [-0.05, 0) is 93.8 Å². The molecule has 2 aromatic carbocycles. The van der Waals surface area contributed by atoms with Crippen molar-refractivity contribution in [2.24, 2.45) is 5.41 Å². The highest BCUT2D eigenvalue weighted by atomic mass is 19.1. The Balaban J connectivity index is 1.44. The minimum atomic E-state index is -0.919. The largest absolute Gasteiger partial charge is 0.508 e. The average Bonchev–Trinajstić information content (AvgIpc) is 2.89. The van der Waals surface area contributed by atoms with E-state index < -0.39 is 23.6 Å². The molecule has 0 saturated carbocycles. The van der Waals surface area contributed by atoms with Gasteiger partial charge in [-0.1, -0.05) is 24.0 Å². The first kappa shape index (κ1) is 24.0. The van der Waals surface area contributed by atoms with Crippen molar-refractivity contribution >= 4 is 5.91 Å². The number of hydrogen-bond acceptors (Lipinski definition) is 4. The summed E-state index contributed by atoms with van der Waals surface area (Å²) in [5, 5.41) is 13.2. The van der Waals surface area contributed by atoms with Crippen molar-refractivity contribution in [3.05, 3.63) is 94.3 Å². The SMILES string of the molecule is Cc1cc(C#CC23CCN(CC2)CC3)cc(C(=O)NC(c2ccc(F)cc2)c2cc(F)ccc2O)n1. The second-order valence-corrected chi connectivity index (χ2v) is 9.67. The Morgan fingerprint density at radius 3 is 2.39 bits per heavy atom. The average molecular weight is 488 g/mol. The topological polar surface area (TPSA) is 65.5 Å². The summed E-state index contributed by atoms with van der Waals surface area (Å²) in [6.07, 6.45) is 3.19. The number of phenolic OH excluding ortho intramolecular Hbond substituents is 1. The lowest BCUT2D eigenvalue weighted by molar-refractivity contribution is 0.0680. The number of benzene rings is 2. The van der Waals surface area contributed by atoms with Gasteiger partial charge in [0.1, 0.15) is 23.1 Å². The van der Waals surface area contributed by atoms with Gasteiger partial charge in [0.2, 0.25) is 0 Å². The smallest absolute Gasteiger partial charge is 0.270 e. The van der Waals surface area contributed by atoms with Gasteiger partial charge in [0.05, 0.1) is 6.04 Å². The fraction of sp³-hybridized carbons (Fsp3) is 0.310. The number of aromatic hydroxyl groups is 1. The third-order valence-corrected chi connectivity index (χ3v) is 7.16. The molecule has 0 spiro atoms. The number of piperidine rings is 3. The molecule has 3 aromatic rings. The van der Waals surface area contributed by atoms with E-state index in [1.165, 1.54) is 30.3 Å². The summed E-state index contributed by atoms with van der Waals surface area (Å²) in [6.45, 7) is 5.04. The molecule has 3 fully saturated rings. The molecule has 2 N–H and O–H groups in total. The third kappa shape index (κ3) is 5.09. The van der Waals surface area contributed by atoms with Crippen LogP contribution < -0.4 is 5.32 Å². The predicted molar refractivity (Wildman–Crippen MR) is 132 cm³/mol. The van der Waals surface area contributed by atoms with Crippen molar-refractivity contribution in [1.82, 2.24) is 15.2 Å². The van der Waals surface area contributed by atoms with Crippen molar-refractivity contribution in [1.29, 1.82) is 0 Å². The lowest BCUT2D eigenvalue weighted by atomic mass is 9.72. The van der Waals surface area contributed by atoms with Crippen LogP contribution in [0.1, 0.15) is 58.2 Å². The second-order valence-electron chi connectivity index (χ2n) is 9.67. The van der Waals surface area contributed by atoms with Crippen molar-refractivity contribution in [3.8, 4) is 17.6 Å². The van der Waals surface area contributed by atoms with Gasteiger partial charge in [0.25, 0.3) is 5.91 Å². The number of fused-ring (bicyclic) bond motifs is 3. The first-order valence-electron chi connectivity index (χ1n) is 12.1. The van der Waals surface area contributed by atoms with Crippen molar-refractivity contribution < 1.29 is 18.7 Å². The number of halogens is 2. The zero-order chi connectivity index (χ0) is 25.3. The predicted octanol–water partition coefficient (Wildman–Crippen LogP) is 4.73. The van der Waals surface area contributed by atoms with Gasteiger partial charge in [-0.3, -0.25) is 4.79 Å². The summed E-state index contributed by atoms with van der Waals surface area (Å²) in [6, 6.07) is 11.6. The molecule has 1 aromatic heterocycles. The maximum atomic E-state index is 14.0. The maximum Gasteiger partial charge on any atom is 0.270 e. The van der Waals surface area contributed by atoms with Crippen LogP contribution in [0.2, 0.25) is 0 Å². The van der Waals surface area contributed by atoms with Crippen LogP contribution >= 0.6 is 0 Å². The number of rotatable bonds is 4. The van der Waals surface area contributed by atoms with Gasteiger partial charge in [0, 0.05) is 22.2 Å². The van der Waals surface area contributed by atoms with E-state index >= 15 is 0 Å². The number of carbonyl (C=O) groups excluding carboxylic acids is 1. The zero-order valence-electron chi connectivity index (χ0n) is 20.0. The van der Waals surface area contributed by atoms with Gasteiger partial charge in [-0.15, -0.1) is 0 Å². The Morgan fingerprint density at radius 1 is 1.03 bits per heavy atom. The summed E-state index contributed by atoms with van der Waals surface area (Å²) in [7, 11) is 0. The number of carbonyl (C=O) groups is 1. The van der Waals surface area contributed by atoms with Crippen molar-refractivity contribution in [2.75, 3.05) is 19.6 Å². The molecule has 3 saturated heterocycles. The molecule has 0 aliphatic carbocycles. The Hall–Kier alpha value is -3.76. The highest BCUT2D eigenvalue weighted by molar-refractivity contribution is 5.93. The molecule has 1 unspecified atom stereocenters. The van der Waals surface area contributed by atoms with Crippen molar-refractivity contribution in [2.45, 2.75) is 32.2 Å². The molecule has 6 rings (SSSR count). The molecule has 2 bridgehead atoms. The monoisotopic (exact) mass is 487 g/mol. The van der Waals surface area contributed by atoms with Gasteiger partial charge in [-0.2, -0.15) is 0 Å². The van der Waals surface area contributed by atoms with E-state index in [2.05, 4.69) is 27.0 Å². The number of hydrogen-bond donors (Lipinski definition) is 2. The molecule has 7 heteroatoms. The molecule has 4 heterocycles. The van der Waals surface area contributed by atoms with E-state index in [1.807, 2.05) is 6.07 Å². The third-order valence-electron chi connectivity index (χ3n) is 7.16. The number of amides is 1. The fourth-order valence-electron chi connectivity index (χ4n) is 5.03. The summed E-state index contributed by atoms with van der Waals surface area (Å²) in [5.74, 6) is 5.07. The van der Waals surface area contributed by atoms with Gasteiger partial charge in [0.15, 0.2) is 0 Å². The lowest BCUT2D eigenvalue weighted by Crippen LogP contribution is -2.47. The van der Waals surface area contributed by atoms with E-state index in [1.54, 1.807) is 13.0 Å². The first-order chi connectivity index (χ1) is 17.3. The van der Waals surface area contributed by atoms with E-state index in [4.69, 9.17) is 0 Å². The minimum Gasteiger partial charge on any atom is -0.508 e. The van der Waals surface area contributed by atoms with E-state index in [0.29, 0.717) is 16.8 Å². The highest BCUT2D eigenvalue weighted by Gasteiger charge is 2.37. The van der Waals surface area contributed by atoms with Crippen LogP contribution in [0.4, 0.5) is 8.78 Å². The number of pyridine rings is 1. The normalized spacial score (nSPS) is 21.4. The minimum absolute atomic E-state index is 0.0386. The van der Waals surface area contributed by atoms with Crippen LogP contribution in [-0.4, -0.2) is 40.5 Å². The standard InChI is InChI=1S/C29H27F2N3O2/c1-19-16-20(8-9-29-10-13-34(14-11-29)15-12-29)17-25(32-19)28(36)33-27(21-2-4-22(30)5-3-21)24-18-23(31)6-7-26(24)35/h2-7,16-18,27,35H,10-15H2,1H3,(H,33,36). The molecule has 1 amide bonds. The lowest BCUT2D eigenvalue weighted by Gasteiger charge is -2.45. The first-order valence-corrected chi connectivity index (χ1v) is 12.1. The molecule has 3 aliphatic rings. The molecule has 184 valence electrons. The molecular formula is C29H27F2N3O2. The highest BCUT2D eigenvalue weighted by Crippen LogP contribution is 2.39. The van der Waals surface area contributed by atoms with Gasteiger partial charge < -0.3 is 15.3 Å². The fourth-order valence-corrected chi connectivity index (χ4v) is 5.03. The quantitative estimate of drug-likeness (QED) is 0.523. The summed E-state index contributed by atoms with van der Waals surface area (Å²) >= 11 is 0. The zero-order valence-corrected chi connectivity index (χ0v) is 20.0. The molecule has 5 nitrogen and oxygen atoms in total. The van der Waals surface area contributed by atoms with Crippen LogP contribution in [0, 0.1) is 35.8 Å². The second kappa shape index (κ2) is 9.71. The molecule has 0 radical (unpaired) electrons. The Kier molecular flexibility index (Phi) is 6.46. The number of nitrogens with one attached hydrogen (secondary N) is 1. The van der Waals surface area contributed by atoms with E-state index in [0.717, 1.165) is 51.0 Å². The number of aromatic nitrogens is 1. The van der Waals surface area contributed by atoms with Crippen LogP contribution in [0.25, 0.3) is 0 Å². The Labute approximate surface area is 209 Å². The summed E-state index contributed by atoms with van der Waals surface area (Å²) in [5.41, 5.74) is 2.21. The molecular weight excluding hydrogens is 460 g/mol. The van der Waals surface area contributed by atoms with E-state index in [-0.39, 0.29) is 22.4 Å². The maximum absolute atomic E-state index is 14.0. The van der Waals surface area contributed by atoms with Crippen LogP contribution in [0.5, 0.6) is 5.75 Å². The number of nitrogens with zero attached hydrogens (tertiary/aromatic N) is 2. The Morgan fingerprint density at radius 2 is 1.69 bits per heavy atom. The van der Waals surface area contributed by atoms with Crippen LogP contribution in [0.15, 0.2) is 54.6 Å². The van der Waals surface area contributed by atoms with Gasteiger partial charge >= 0.3 is 0 Å². The Bertz CT molecular complexity index is 1340. The molecule has 3 aliphatic heterocycles. The van der Waals surface area contributed by atoms with Crippen LogP contribution in [-0.2, 0) is 0 Å². The summed E-state index contributed by atoms with van der Waals surface area (Å²) in [4.78, 5) is 20.2. The van der Waals surface area contributed by atoms with Gasteiger partial charge in [-0.25, -0.2) is 13.8 Å². The number of phenols is 1. The van der Waals surface area contributed by atoms with E-state index in [9.17, 15) is 18.7 Å².